The Labute approximate surface area is 179 Å². The maximum absolute atomic E-state index is 13.1. The van der Waals surface area contributed by atoms with Gasteiger partial charge in [0.1, 0.15) is 11.4 Å². The van der Waals surface area contributed by atoms with E-state index in [2.05, 4.69) is 54.4 Å². The van der Waals surface area contributed by atoms with Crippen LogP contribution in [-0.4, -0.2) is 41.4 Å². The molecule has 158 valence electrons. The summed E-state index contributed by atoms with van der Waals surface area (Å²) in [6, 6.07) is 20.8. The highest BCUT2D eigenvalue weighted by atomic mass is 16.2. The van der Waals surface area contributed by atoms with Gasteiger partial charge in [0.2, 0.25) is 0 Å². The standard InChI is InChI=1S/C25H32N4O/c1-3-10-20(2)26-23-25(29(24(30)27-23)22-13-8-5-9-14-22)15-17-28(18-16-25)19-21-11-6-4-7-12-21/h4-9,11-14,20H,3,10,15-19H2,1-2H3,(H,26,27,30). The Morgan fingerprint density at radius 3 is 2.30 bits per heavy atom. The van der Waals surface area contributed by atoms with Crippen LogP contribution < -0.4 is 10.2 Å². The van der Waals surface area contributed by atoms with Crippen molar-refractivity contribution in [2.75, 3.05) is 18.0 Å². The number of rotatable bonds is 6. The number of anilines is 1. The fourth-order valence-corrected chi connectivity index (χ4v) is 4.75. The summed E-state index contributed by atoms with van der Waals surface area (Å²) in [5.41, 5.74) is 1.90. The second kappa shape index (κ2) is 9.00. The molecule has 0 radical (unpaired) electrons. The number of piperidine rings is 1. The number of amides is 2. The zero-order valence-electron chi connectivity index (χ0n) is 18.1. The number of para-hydroxylation sites is 1. The minimum atomic E-state index is -0.381. The zero-order chi connectivity index (χ0) is 21.0. The first kappa shape index (κ1) is 20.6. The van der Waals surface area contributed by atoms with E-state index in [0.29, 0.717) is 0 Å². The van der Waals surface area contributed by atoms with E-state index >= 15 is 0 Å². The summed E-state index contributed by atoms with van der Waals surface area (Å²) in [4.78, 5) is 22.5. The van der Waals surface area contributed by atoms with Gasteiger partial charge in [-0.05, 0) is 43.9 Å². The highest BCUT2D eigenvalue weighted by Gasteiger charge is 2.53. The number of carbonyl (C=O) groups is 1. The van der Waals surface area contributed by atoms with Crippen molar-refractivity contribution >= 4 is 17.6 Å². The second-order valence-electron chi connectivity index (χ2n) is 8.51. The Bertz CT molecular complexity index is 873. The van der Waals surface area contributed by atoms with E-state index in [0.717, 1.165) is 56.8 Å². The Kier molecular flexibility index (Phi) is 6.18. The van der Waals surface area contributed by atoms with Crippen LogP contribution in [0, 0.1) is 0 Å². The van der Waals surface area contributed by atoms with Gasteiger partial charge in [-0.15, -0.1) is 0 Å². The molecule has 2 fully saturated rings. The average molecular weight is 405 g/mol. The molecule has 0 aliphatic carbocycles. The summed E-state index contributed by atoms with van der Waals surface area (Å²) in [6.07, 6.45) is 3.88. The summed E-state index contributed by atoms with van der Waals surface area (Å²) in [5, 5.41) is 3.14. The summed E-state index contributed by atoms with van der Waals surface area (Å²) < 4.78 is 0. The quantitative estimate of drug-likeness (QED) is 0.749. The molecule has 5 nitrogen and oxygen atoms in total. The third-order valence-electron chi connectivity index (χ3n) is 6.30. The Hall–Kier alpha value is -2.66. The molecule has 4 rings (SSSR count). The van der Waals surface area contributed by atoms with Crippen LogP contribution in [0.2, 0.25) is 0 Å². The van der Waals surface area contributed by atoms with Crippen molar-refractivity contribution in [3.63, 3.8) is 0 Å². The molecule has 1 N–H and O–H groups in total. The van der Waals surface area contributed by atoms with Crippen molar-refractivity contribution < 1.29 is 4.79 Å². The van der Waals surface area contributed by atoms with Crippen LogP contribution in [0.25, 0.3) is 0 Å². The van der Waals surface area contributed by atoms with E-state index in [9.17, 15) is 4.79 Å². The molecule has 0 bridgehead atoms. The van der Waals surface area contributed by atoms with E-state index in [1.165, 1.54) is 5.56 Å². The first-order valence-electron chi connectivity index (χ1n) is 11.1. The minimum Gasteiger partial charge on any atom is -0.299 e. The molecule has 1 unspecified atom stereocenters. The molecule has 2 aliphatic heterocycles. The zero-order valence-corrected chi connectivity index (χ0v) is 18.1. The Morgan fingerprint density at radius 1 is 1.03 bits per heavy atom. The van der Waals surface area contributed by atoms with Crippen molar-refractivity contribution in [1.82, 2.24) is 10.2 Å². The molecule has 1 spiro atoms. The van der Waals surface area contributed by atoms with Crippen LogP contribution in [0.3, 0.4) is 0 Å². The summed E-state index contributed by atoms with van der Waals surface area (Å²) in [5.74, 6) is 0.858. The van der Waals surface area contributed by atoms with Gasteiger partial charge in [-0.2, -0.15) is 0 Å². The lowest BCUT2D eigenvalue weighted by molar-refractivity contribution is 0.184. The Balaban J connectivity index is 1.61. The largest absolute Gasteiger partial charge is 0.328 e. The number of nitrogens with zero attached hydrogens (tertiary/aromatic N) is 3. The highest BCUT2D eigenvalue weighted by molar-refractivity contribution is 6.19. The number of aliphatic imine (C=N–C) groups is 1. The molecule has 2 amide bonds. The molecule has 2 aliphatic rings. The van der Waals surface area contributed by atoms with Gasteiger partial charge in [0.15, 0.2) is 0 Å². The number of benzene rings is 2. The van der Waals surface area contributed by atoms with E-state index in [1.807, 2.05) is 35.2 Å². The fraction of sp³-hybridized carbons (Fsp3) is 0.440. The molecule has 1 atom stereocenters. The van der Waals surface area contributed by atoms with Crippen molar-refractivity contribution in [1.29, 1.82) is 0 Å². The molecule has 2 heterocycles. The third-order valence-corrected chi connectivity index (χ3v) is 6.30. The van der Waals surface area contributed by atoms with E-state index < -0.39 is 0 Å². The van der Waals surface area contributed by atoms with Gasteiger partial charge >= 0.3 is 6.03 Å². The lowest BCUT2D eigenvalue weighted by atomic mass is 9.84. The fourth-order valence-electron chi connectivity index (χ4n) is 4.75. The molecule has 2 saturated heterocycles. The minimum absolute atomic E-state index is 0.0554. The van der Waals surface area contributed by atoms with Crippen LogP contribution in [0.1, 0.15) is 45.1 Å². The number of carbonyl (C=O) groups excluding carboxylic acids is 1. The van der Waals surface area contributed by atoms with Gasteiger partial charge < -0.3 is 0 Å². The molecule has 5 heteroatoms. The monoisotopic (exact) mass is 404 g/mol. The number of urea groups is 1. The van der Waals surface area contributed by atoms with E-state index in [1.54, 1.807) is 0 Å². The molecule has 30 heavy (non-hydrogen) atoms. The first-order chi connectivity index (χ1) is 14.6. The van der Waals surface area contributed by atoms with E-state index in [4.69, 9.17) is 4.99 Å². The smallest absolute Gasteiger partial charge is 0.299 e. The van der Waals surface area contributed by atoms with Crippen LogP contribution in [0.4, 0.5) is 10.5 Å². The van der Waals surface area contributed by atoms with Gasteiger partial charge in [0, 0.05) is 31.4 Å². The predicted molar refractivity (Wildman–Crippen MR) is 123 cm³/mol. The van der Waals surface area contributed by atoms with Crippen molar-refractivity contribution in [2.45, 2.75) is 57.7 Å². The normalized spacial score (nSPS) is 21.2. The topological polar surface area (TPSA) is 47.9 Å². The van der Waals surface area contributed by atoms with E-state index in [-0.39, 0.29) is 17.6 Å². The molecule has 2 aromatic rings. The van der Waals surface area contributed by atoms with Gasteiger partial charge in [0.25, 0.3) is 0 Å². The maximum Gasteiger partial charge on any atom is 0.328 e. The van der Waals surface area contributed by atoms with Gasteiger partial charge in [-0.3, -0.25) is 20.1 Å². The SMILES string of the molecule is CCCC(C)N=C1NC(=O)N(c2ccccc2)C12CCN(Cc1ccccc1)CC2. The summed E-state index contributed by atoms with van der Waals surface area (Å²) in [6.45, 7) is 7.15. The van der Waals surface area contributed by atoms with Crippen LogP contribution >= 0.6 is 0 Å². The van der Waals surface area contributed by atoms with Crippen LogP contribution in [0.15, 0.2) is 65.7 Å². The third kappa shape index (κ3) is 4.12. The van der Waals surface area contributed by atoms with Gasteiger partial charge in [-0.25, -0.2) is 4.79 Å². The van der Waals surface area contributed by atoms with Crippen LogP contribution in [-0.2, 0) is 6.54 Å². The van der Waals surface area contributed by atoms with Crippen molar-refractivity contribution in [3.8, 4) is 0 Å². The van der Waals surface area contributed by atoms with Crippen molar-refractivity contribution in [2.24, 2.45) is 4.99 Å². The molecule has 2 aromatic carbocycles. The first-order valence-corrected chi connectivity index (χ1v) is 11.1. The Morgan fingerprint density at radius 2 is 1.67 bits per heavy atom. The van der Waals surface area contributed by atoms with Crippen LogP contribution in [0.5, 0.6) is 0 Å². The molecule has 0 saturated carbocycles. The predicted octanol–water partition coefficient (Wildman–Crippen LogP) is 4.84. The second-order valence-corrected chi connectivity index (χ2v) is 8.51. The number of likely N-dealkylation sites (tertiary alicyclic amines) is 1. The van der Waals surface area contributed by atoms with Crippen molar-refractivity contribution in [3.05, 3.63) is 66.2 Å². The number of hydrogen-bond donors (Lipinski definition) is 1. The summed E-state index contributed by atoms with van der Waals surface area (Å²) in [7, 11) is 0. The molecular weight excluding hydrogens is 372 g/mol. The average Bonchev–Trinajstić information content (AvgIpc) is 3.02. The number of hydrogen-bond acceptors (Lipinski definition) is 3. The number of nitrogens with one attached hydrogen (secondary N) is 1. The molecular formula is C25H32N4O. The van der Waals surface area contributed by atoms with Gasteiger partial charge in [0.05, 0.1) is 0 Å². The number of amidine groups is 1. The highest BCUT2D eigenvalue weighted by Crippen LogP contribution is 2.38. The maximum atomic E-state index is 13.1. The molecule has 0 aromatic heterocycles. The van der Waals surface area contributed by atoms with Gasteiger partial charge in [-0.1, -0.05) is 61.9 Å². The lowest BCUT2D eigenvalue weighted by Crippen LogP contribution is -2.57. The lowest BCUT2D eigenvalue weighted by Gasteiger charge is -2.43. The summed E-state index contributed by atoms with van der Waals surface area (Å²) >= 11 is 0.